The number of nitrogens with two attached hydrogens (primary N) is 1. The summed E-state index contributed by atoms with van der Waals surface area (Å²) in [6.45, 7) is 4.83. The second-order valence-electron chi connectivity index (χ2n) is 6.87. The fourth-order valence-electron chi connectivity index (χ4n) is 3.69. The first-order chi connectivity index (χ1) is 14.0. The standard InChI is InChI=1S/C20H27N3O6/c1-3-9-29-20(26)23-15-12-17(28-10-5-7-21)16(27-2)11-13(15)18(24)22-8-4-6-14(22)19(23)25/h3,11-12,14,19,25H,1,4-10,21H2,2H3/t14-,19-/m0/s1. The molecule has 3 N–H and O–H groups in total. The number of aliphatic hydroxyl groups is 1. The van der Waals surface area contributed by atoms with Gasteiger partial charge >= 0.3 is 6.09 Å². The number of amides is 2. The van der Waals surface area contributed by atoms with E-state index in [2.05, 4.69) is 6.58 Å². The molecule has 0 spiro atoms. The van der Waals surface area contributed by atoms with E-state index in [0.717, 1.165) is 11.3 Å². The lowest BCUT2D eigenvalue weighted by atomic mass is 10.1. The van der Waals surface area contributed by atoms with E-state index >= 15 is 0 Å². The normalized spacial score (nSPS) is 20.6. The van der Waals surface area contributed by atoms with Crippen LogP contribution < -0.4 is 20.1 Å². The maximum absolute atomic E-state index is 13.2. The van der Waals surface area contributed by atoms with Crippen LogP contribution in [0.4, 0.5) is 10.5 Å². The lowest BCUT2D eigenvalue weighted by Crippen LogP contribution is -2.50. The average Bonchev–Trinajstić information content (AvgIpc) is 3.19. The first-order valence-corrected chi connectivity index (χ1v) is 9.64. The number of methoxy groups -OCH3 is 1. The van der Waals surface area contributed by atoms with Crippen molar-refractivity contribution in [3.05, 3.63) is 30.4 Å². The number of aliphatic hydroxyl groups excluding tert-OH is 1. The molecule has 1 aromatic carbocycles. The van der Waals surface area contributed by atoms with Crippen LogP contribution in [0.2, 0.25) is 0 Å². The third-order valence-electron chi connectivity index (χ3n) is 5.07. The Hall–Kier alpha value is -2.78. The fourth-order valence-corrected chi connectivity index (χ4v) is 3.69. The van der Waals surface area contributed by atoms with Crippen molar-refractivity contribution in [2.75, 3.05) is 38.3 Å². The van der Waals surface area contributed by atoms with Gasteiger partial charge in [0.25, 0.3) is 5.91 Å². The summed E-state index contributed by atoms with van der Waals surface area (Å²) in [6, 6.07) is 2.55. The summed E-state index contributed by atoms with van der Waals surface area (Å²) in [4.78, 5) is 28.7. The fraction of sp³-hybridized carbons (Fsp3) is 0.500. The molecule has 0 aromatic heterocycles. The van der Waals surface area contributed by atoms with Crippen LogP contribution in [0.25, 0.3) is 0 Å². The third kappa shape index (κ3) is 4.01. The lowest BCUT2D eigenvalue weighted by Gasteiger charge is -2.31. The predicted octanol–water partition coefficient (Wildman–Crippen LogP) is 1.49. The van der Waals surface area contributed by atoms with Gasteiger partial charge < -0.3 is 30.0 Å². The average molecular weight is 405 g/mol. The molecule has 3 rings (SSSR count). The Kier molecular flexibility index (Phi) is 6.60. The van der Waals surface area contributed by atoms with Gasteiger partial charge in [-0.1, -0.05) is 12.7 Å². The predicted molar refractivity (Wildman–Crippen MR) is 106 cm³/mol. The van der Waals surface area contributed by atoms with Crippen molar-refractivity contribution < 1.29 is 28.9 Å². The minimum absolute atomic E-state index is 0.0181. The van der Waals surface area contributed by atoms with Crippen LogP contribution in [0.15, 0.2) is 24.8 Å². The van der Waals surface area contributed by atoms with Gasteiger partial charge in [0, 0.05) is 12.6 Å². The molecule has 2 aliphatic rings. The second-order valence-corrected chi connectivity index (χ2v) is 6.87. The number of nitrogens with zero attached hydrogens (tertiary/aromatic N) is 2. The Morgan fingerprint density at radius 1 is 1.41 bits per heavy atom. The van der Waals surface area contributed by atoms with Crippen LogP contribution in [0.1, 0.15) is 29.6 Å². The van der Waals surface area contributed by atoms with E-state index in [1.807, 2.05) is 0 Å². The Bertz CT molecular complexity index is 784. The van der Waals surface area contributed by atoms with Gasteiger partial charge in [0.05, 0.1) is 31.0 Å². The van der Waals surface area contributed by atoms with Crippen LogP contribution in [-0.4, -0.2) is 67.7 Å². The highest BCUT2D eigenvalue weighted by Gasteiger charge is 2.45. The third-order valence-corrected chi connectivity index (χ3v) is 5.07. The van der Waals surface area contributed by atoms with Crippen LogP contribution in [0.5, 0.6) is 11.5 Å². The molecule has 29 heavy (non-hydrogen) atoms. The maximum Gasteiger partial charge on any atom is 0.416 e. The molecule has 158 valence electrons. The Morgan fingerprint density at radius 3 is 2.90 bits per heavy atom. The number of fused-ring (bicyclic) bond motifs is 2. The van der Waals surface area contributed by atoms with Gasteiger partial charge in [-0.05, 0) is 31.9 Å². The van der Waals surface area contributed by atoms with Crippen molar-refractivity contribution in [1.29, 1.82) is 0 Å². The maximum atomic E-state index is 13.2. The molecule has 1 saturated heterocycles. The van der Waals surface area contributed by atoms with Gasteiger partial charge in [0.1, 0.15) is 6.61 Å². The molecule has 1 fully saturated rings. The summed E-state index contributed by atoms with van der Waals surface area (Å²) in [7, 11) is 1.47. The number of hydrogen-bond donors (Lipinski definition) is 2. The van der Waals surface area contributed by atoms with E-state index in [1.54, 1.807) is 4.90 Å². The van der Waals surface area contributed by atoms with Crippen molar-refractivity contribution in [2.24, 2.45) is 5.73 Å². The van der Waals surface area contributed by atoms with Crippen LogP contribution in [0.3, 0.4) is 0 Å². The molecule has 2 amide bonds. The summed E-state index contributed by atoms with van der Waals surface area (Å²) in [5.74, 6) is 0.441. The highest BCUT2D eigenvalue weighted by Crippen LogP contribution is 2.41. The van der Waals surface area contributed by atoms with Crippen molar-refractivity contribution in [3.8, 4) is 11.5 Å². The monoisotopic (exact) mass is 405 g/mol. The zero-order chi connectivity index (χ0) is 21.0. The number of carbonyl (C=O) groups is 2. The van der Waals surface area contributed by atoms with Crippen molar-refractivity contribution in [3.63, 3.8) is 0 Å². The minimum Gasteiger partial charge on any atom is -0.493 e. The van der Waals surface area contributed by atoms with Gasteiger partial charge in [-0.2, -0.15) is 0 Å². The van der Waals surface area contributed by atoms with E-state index in [0.29, 0.717) is 44.0 Å². The summed E-state index contributed by atoms with van der Waals surface area (Å²) in [5.41, 5.74) is 5.98. The first-order valence-electron chi connectivity index (χ1n) is 9.64. The molecule has 2 atom stereocenters. The molecular formula is C20H27N3O6. The molecule has 1 aromatic rings. The van der Waals surface area contributed by atoms with Crippen LogP contribution >= 0.6 is 0 Å². The molecule has 0 radical (unpaired) electrons. The van der Waals surface area contributed by atoms with Crippen molar-refractivity contribution in [2.45, 2.75) is 31.5 Å². The Morgan fingerprint density at radius 2 is 2.21 bits per heavy atom. The van der Waals surface area contributed by atoms with Crippen LogP contribution in [0, 0.1) is 0 Å². The van der Waals surface area contributed by atoms with Gasteiger partial charge in [-0.3, -0.25) is 4.79 Å². The van der Waals surface area contributed by atoms with Gasteiger partial charge in [-0.15, -0.1) is 0 Å². The molecule has 0 unspecified atom stereocenters. The minimum atomic E-state index is -1.25. The Labute approximate surface area is 169 Å². The van der Waals surface area contributed by atoms with E-state index in [4.69, 9.17) is 19.9 Å². The van der Waals surface area contributed by atoms with Gasteiger partial charge in [0.15, 0.2) is 17.7 Å². The number of anilines is 1. The molecule has 0 aliphatic carbocycles. The number of benzene rings is 1. The second kappa shape index (κ2) is 9.15. The smallest absolute Gasteiger partial charge is 0.416 e. The number of hydrogen-bond acceptors (Lipinski definition) is 7. The van der Waals surface area contributed by atoms with Crippen molar-refractivity contribution in [1.82, 2.24) is 4.90 Å². The Balaban J connectivity index is 2.10. The molecular weight excluding hydrogens is 378 g/mol. The molecule has 9 heteroatoms. The largest absolute Gasteiger partial charge is 0.493 e. The highest BCUT2D eigenvalue weighted by molar-refractivity contribution is 6.06. The summed E-state index contributed by atoms with van der Waals surface area (Å²) in [5, 5.41) is 11.0. The molecule has 0 bridgehead atoms. The zero-order valence-electron chi connectivity index (χ0n) is 16.5. The quantitative estimate of drug-likeness (QED) is 0.522. The van der Waals surface area contributed by atoms with E-state index in [-0.39, 0.29) is 23.8 Å². The lowest BCUT2D eigenvalue weighted by molar-refractivity contribution is 0.0496. The topological polar surface area (TPSA) is 115 Å². The summed E-state index contributed by atoms with van der Waals surface area (Å²) >= 11 is 0. The first kappa shape index (κ1) is 20.9. The SMILES string of the molecule is C=CCOC(=O)N1c2cc(OCCCN)c(OC)cc2C(=O)N2CCC[C@H]2[C@@H]1O. The zero-order valence-corrected chi connectivity index (χ0v) is 16.5. The molecule has 9 nitrogen and oxygen atoms in total. The molecule has 2 aliphatic heterocycles. The van der Waals surface area contributed by atoms with Gasteiger partial charge in [-0.25, -0.2) is 9.69 Å². The number of rotatable bonds is 7. The summed E-state index contributed by atoms with van der Waals surface area (Å²) in [6.07, 6.45) is 1.39. The van der Waals surface area contributed by atoms with Crippen LogP contribution in [-0.2, 0) is 4.74 Å². The van der Waals surface area contributed by atoms with Gasteiger partial charge in [0.2, 0.25) is 0 Å². The molecule has 2 heterocycles. The number of carbonyl (C=O) groups excluding carboxylic acids is 2. The van der Waals surface area contributed by atoms with E-state index < -0.39 is 18.4 Å². The molecule has 0 saturated carbocycles. The highest BCUT2D eigenvalue weighted by atomic mass is 16.6. The van der Waals surface area contributed by atoms with E-state index in [9.17, 15) is 14.7 Å². The summed E-state index contributed by atoms with van der Waals surface area (Å²) < 4.78 is 16.3. The van der Waals surface area contributed by atoms with Crippen molar-refractivity contribution >= 4 is 17.7 Å². The van der Waals surface area contributed by atoms with E-state index in [1.165, 1.54) is 25.3 Å². The number of ether oxygens (including phenoxy) is 3.